The molecule has 1 aliphatic heterocycles. The van der Waals surface area contributed by atoms with Crippen LogP contribution in [0.3, 0.4) is 0 Å². The van der Waals surface area contributed by atoms with Gasteiger partial charge in [0.25, 0.3) is 5.91 Å². The van der Waals surface area contributed by atoms with Gasteiger partial charge in [0.15, 0.2) is 0 Å². The number of nitrogens with one attached hydrogen (secondary N) is 1. The molecule has 116 valence electrons. The molecular weight excluding hydrogens is 280 g/mol. The van der Waals surface area contributed by atoms with Gasteiger partial charge < -0.3 is 10.1 Å². The Morgan fingerprint density at radius 2 is 2.05 bits per heavy atom. The molecule has 0 bridgehead atoms. The van der Waals surface area contributed by atoms with Crippen molar-refractivity contribution in [3.63, 3.8) is 0 Å². The molecule has 3 rings (SSSR count). The quantitative estimate of drug-likeness (QED) is 0.912. The van der Waals surface area contributed by atoms with Gasteiger partial charge in [-0.25, -0.2) is 9.97 Å². The molecular formula is C16H20N4O2. The van der Waals surface area contributed by atoms with Crippen molar-refractivity contribution in [2.24, 2.45) is 0 Å². The fraction of sp³-hybridized carbons (Fsp3) is 0.438. The van der Waals surface area contributed by atoms with Gasteiger partial charge in [0.2, 0.25) is 0 Å². The molecule has 6 heteroatoms. The number of carbonyl (C=O) groups is 1. The highest BCUT2D eigenvalue weighted by molar-refractivity contribution is 6.04. The summed E-state index contributed by atoms with van der Waals surface area (Å²) in [6.07, 6.45) is 0. The van der Waals surface area contributed by atoms with Gasteiger partial charge in [-0.15, -0.1) is 0 Å². The lowest BCUT2D eigenvalue weighted by Crippen LogP contribution is -2.41. The van der Waals surface area contributed by atoms with Crippen LogP contribution in [-0.4, -0.2) is 60.2 Å². The topological polar surface area (TPSA) is 67.4 Å². The second-order valence-corrected chi connectivity index (χ2v) is 5.35. The third kappa shape index (κ3) is 3.40. The van der Waals surface area contributed by atoms with Crippen molar-refractivity contribution in [3.05, 3.63) is 35.8 Å². The van der Waals surface area contributed by atoms with E-state index >= 15 is 0 Å². The maximum atomic E-state index is 12.4. The van der Waals surface area contributed by atoms with E-state index in [1.54, 1.807) is 6.92 Å². The number of benzene rings is 1. The monoisotopic (exact) mass is 300 g/mol. The zero-order valence-corrected chi connectivity index (χ0v) is 12.7. The Bertz CT molecular complexity index is 668. The SMILES string of the molecule is Cc1nc(C(=O)NCCN2CCOCC2)c2ccccc2n1. The number of carbonyl (C=O) groups excluding carboxylic acids is 1. The molecule has 1 aliphatic rings. The summed E-state index contributed by atoms with van der Waals surface area (Å²) in [7, 11) is 0. The van der Waals surface area contributed by atoms with E-state index in [2.05, 4.69) is 20.2 Å². The van der Waals surface area contributed by atoms with E-state index in [0.29, 0.717) is 18.1 Å². The van der Waals surface area contributed by atoms with E-state index in [9.17, 15) is 4.79 Å². The van der Waals surface area contributed by atoms with Gasteiger partial charge in [-0.1, -0.05) is 18.2 Å². The zero-order valence-electron chi connectivity index (χ0n) is 12.7. The lowest BCUT2D eigenvalue weighted by molar-refractivity contribution is 0.0383. The Morgan fingerprint density at radius 3 is 2.86 bits per heavy atom. The highest BCUT2D eigenvalue weighted by Gasteiger charge is 2.14. The molecule has 1 aromatic carbocycles. The van der Waals surface area contributed by atoms with E-state index in [-0.39, 0.29) is 5.91 Å². The van der Waals surface area contributed by atoms with Crippen LogP contribution in [0.1, 0.15) is 16.3 Å². The number of hydrogen-bond acceptors (Lipinski definition) is 5. The summed E-state index contributed by atoms with van der Waals surface area (Å²) in [4.78, 5) is 23.4. The number of fused-ring (bicyclic) bond motifs is 1. The van der Waals surface area contributed by atoms with Crippen molar-refractivity contribution in [1.29, 1.82) is 0 Å². The van der Waals surface area contributed by atoms with Crippen LogP contribution >= 0.6 is 0 Å². The Balaban J connectivity index is 1.67. The summed E-state index contributed by atoms with van der Waals surface area (Å²) in [6.45, 7) is 6.62. The molecule has 0 spiro atoms. The van der Waals surface area contributed by atoms with Crippen molar-refractivity contribution < 1.29 is 9.53 Å². The summed E-state index contributed by atoms with van der Waals surface area (Å²) < 4.78 is 5.31. The van der Waals surface area contributed by atoms with Crippen LogP contribution in [0.15, 0.2) is 24.3 Å². The summed E-state index contributed by atoms with van der Waals surface area (Å²) in [6, 6.07) is 7.58. The number of morpholine rings is 1. The van der Waals surface area contributed by atoms with Crippen LogP contribution in [-0.2, 0) is 4.74 Å². The van der Waals surface area contributed by atoms with Gasteiger partial charge in [-0.2, -0.15) is 0 Å². The lowest BCUT2D eigenvalue weighted by Gasteiger charge is -2.26. The highest BCUT2D eigenvalue weighted by atomic mass is 16.5. The molecule has 2 aromatic rings. The van der Waals surface area contributed by atoms with Gasteiger partial charge in [0, 0.05) is 31.6 Å². The smallest absolute Gasteiger partial charge is 0.270 e. The zero-order chi connectivity index (χ0) is 15.4. The average molecular weight is 300 g/mol. The number of ether oxygens (including phenoxy) is 1. The Hall–Kier alpha value is -2.05. The first kappa shape index (κ1) is 14.9. The van der Waals surface area contributed by atoms with Crippen molar-refractivity contribution in [3.8, 4) is 0 Å². The maximum absolute atomic E-state index is 12.4. The third-order valence-corrected chi connectivity index (χ3v) is 3.75. The molecule has 0 saturated carbocycles. The molecule has 1 N–H and O–H groups in total. The second-order valence-electron chi connectivity index (χ2n) is 5.35. The van der Waals surface area contributed by atoms with Gasteiger partial charge >= 0.3 is 0 Å². The Labute approximate surface area is 129 Å². The predicted octanol–water partition coefficient (Wildman–Crippen LogP) is 1.00. The minimum Gasteiger partial charge on any atom is -0.379 e. The van der Waals surface area contributed by atoms with E-state index in [4.69, 9.17) is 4.74 Å². The van der Waals surface area contributed by atoms with E-state index < -0.39 is 0 Å². The van der Waals surface area contributed by atoms with Gasteiger partial charge in [-0.3, -0.25) is 9.69 Å². The number of amides is 1. The molecule has 0 atom stereocenters. The van der Waals surface area contributed by atoms with Crippen LogP contribution in [0.5, 0.6) is 0 Å². The molecule has 0 aliphatic carbocycles. The van der Waals surface area contributed by atoms with Crippen LogP contribution < -0.4 is 5.32 Å². The van der Waals surface area contributed by atoms with Gasteiger partial charge in [0.1, 0.15) is 11.5 Å². The van der Waals surface area contributed by atoms with Crippen molar-refractivity contribution in [2.45, 2.75) is 6.92 Å². The van der Waals surface area contributed by atoms with Crippen molar-refractivity contribution >= 4 is 16.8 Å². The first-order valence-corrected chi connectivity index (χ1v) is 7.56. The first-order valence-electron chi connectivity index (χ1n) is 7.56. The molecule has 1 amide bonds. The number of rotatable bonds is 4. The molecule has 22 heavy (non-hydrogen) atoms. The Morgan fingerprint density at radius 1 is 1.27 bits per heavy atom. The largest absolute Gasteiger partial charge is 0.379 e. The fourth-order valence-corrected chi connectivity index (χ4v) is 2.60. The number of hydrogen-bond donors (Lipinski definition) is 1. The number of aryl methyl sites for hydroxylation is 1. The molecule has 1 fully saturated rings. The molecule has 1 aromatic heterocycles. The van der Waals surface area contributed by atoms with Crippen LogP contribution in [0, 0.1) is 6.92 Å². The standard InChI is InChI=1S/C16H20N4O2/c1-12-18-14-5-3-2-4-13(14)15(19-12)16(21)17-6-7-20-8-10-22-11-9-20/h2-5H,6-11H2,1H3,(H,17,21). The predicted molar refractivity (Wildman–Crippen MR) is 83.9 cm³/mol. The molecule has 1 saturated heterocycles. The number of para-hydroxylation sites is 1. The minimum absolute atomic E-state index is 0.144. The summed E-state index contributed by atoms with van der Waals surface area (Å²) in [5.41, 5.74) is 1.25. The van der Waals surface area contributed by atoms with Crippen LogP contribution in [0.25, 0.3) is 10.9 Å². The summed E-state index contributed by atoms with van der Waals surface area (Å²) >= 11 is 0. The van der Waals surface area contributed by atoms with Crippen molar-refractivity contribution in [1.82, 2.24) is 20.2 Å². The third-order valence-electron chi connectivity index (χ3n) is 3.75. The fourth-order valence-electron chi connectivity index (χ4n) is 2.60. The van der Waals surface area contributed by atoms with E-state index in [1.807, 2.05) is 24.3 Å². The Kier molecular flexibility index (Phi) is 4.60. The van der Waals surface area contributed by atoms with Gasteiger partial charge in [0.05, 0.1) is 18.7 Å². The molecule has 6 nitrogen and oxygen atoms in total. The van der Waals surface area contributed by atoms with Crippen LogP contribution in [0.4, 0.5) is 0 Å². The number of nitrogens with zero attached hydrogens (tertiary/aromatic N) is 3. The first-order chi connectivity index (χ1) is 10.7. The summed E-state index contributed by atoms with van der Waals surface area (Å²) in [5, 5.41) is 3.74. The van der Waals surface area contributed by atoms with E-state index in [0.717, 1.165) is 43.8 Å². The van der Waals surface area contributed by atoms with Crippen molar-refractivity contribution in [2.75, 3.05) is 39.4 Å². The minimum atomic E-state index is -0.144. The normalized spacial score (nSPS) is 15.9. The second kappa shape index (κ2) is 6.81. The molecule has 0 unspecified atom stereocenters. The maximum Gasteiger partial charge on any atom is 0.270 e. The number of aromatic nitrogens is 2. The molecule has 0 radical (unpaired) electrons. The van der Waals surface area contributed by atoms with E-state index in [1.165, 1.54) is 0 Å². The average Bonchev–Trinajstić information content (AvgIpc) is 2.55. The van der Waals surface area contributed by atoms with Crippen LogP contribution in [0.2, 0.25) is 0 Å². The highest BCUT2D eigenvalue weighted by Crippen LogP contribution is 2.15. The molecule has 2 heterocycles. The lowest BCUT2D eigenvalue weighted by atomic mass is 10.1. The van der Waals surface area contributed by atoms with Gasteiger partial charge in [-0.05, 0) is 13.0 Å². The summed E-state index contributed by atoms with van der Waals surface area (Å²) in [5.74, 6) is 0.465.